The summed E-state index contributed by atoms with van der Waals surface area (Å²) in [6.07, 6.45) is 3.19. The van der Waals surface area contributed by atoms with E-state index in [1.807, 2.05) is 0 Å². The normalized spacial score (nSPS) is 29.6. The third-order valence-electron chi connectivity index (χ3n) is 4.18. The Labute approximate surface area is 110 Å². The van der Waals surface area contributed by atoms with E-state index in [0.717, 1.165) is 37.8 Å². The van der Waals surface area contributed by atoms with E-state index >= 15 is 0 Å². The van der Waals surface area contributed by atoms with Crippen molar-refractivity contribution in [2.75, 3.05) is 0 Å². The van der Waals surface area contributed by atoms with E-state index < -0.39 is 23.1 Å². The van der Waals surface area contributed by atoms with Crippen molar-refractivity contribution in [2.24, 2.45) is 5.73 Å². The van der Waals surface area contributed by atoms with Crippen molar-refractivity contribution < 1.29 is 13.6 Å². The molecule has 2 atom stereocenters. The first-order valence-corrected chi connectivity index (χ1v) is 6.60. The Hall–Kier alpha value is -1.49. The number of carbonyl (C=O) groups is 1. The van der Waals surface area contributed by atoms with E-state index in [2.05, 4.69) is 0 Å². The van der Waals surface area contributed by atoms with Crippen molar-refractivity contribution in [3.8, 4) is 0 Å². The Bertz CT molecular complexity index is 486. The number of rotatable bonds is 1. The van der Waals surface area contributed by atoms with E-state index in [1.54, 1.807) is 4.90 Å². The van der Waals surface area contributed by atoms with Crippen LogP contribution in [0.15, 0.2) is 18.2 Å². The largest absolute Gasteiger partial charge is 0.332 e. The number of hydrogen-bond acceptors (Lipinski definition) is 2. The van der Waals surface area contributed by atoms with E-state index in [1.165, 1.54) is 6.07 Å². The van der Waals surface area contributed by atoms with Crippen LogP contribution >= 0.6 is 0 Å². The van der Waals surface area contributed by atoms with Crippen molar-refractivity contribution >= 4 is 5.91 Å². The third-order valence-corrected chi connectivity index (χ3v) is 4.18. The first kappa shape index (κ1) is 12.5. The first-order valence-electron chi connectivity index (χ1n) is 6.60. The number of nitrogens with two attached hydrogens (primary N) is 1. The quantitative estimate of drug-likeness (QED) is 0.845. The van der Waals surface area contributed by atoms with Crippen LogP contribution in [0.5, 0.6) is 0 Å². The van der Waals surface area contributed by atoms with Crippen molar-refractivity contribution in [3.63, 3.8) is 0 Å². The van der Waals surface area contributed by atoms with Crippen LogP contribution in [-0.2, 0) is 0 Å². The van der Waals surface area contributed by atoms with Gasteiger partial charge in [-0.05, 0) is 37.8 Å². The molecule has 2 heterocycles. The van der Waals surface area contributed by atoms with Gasteiger partial charge in [-0.3, -0.25) is 4.79 Å². The van der Waals surface area contributed by atoms with Crippen LogP contribution in [-0.4, -0.2) is 28.9 Å². The molecular weight excluding hydrogens is 250 g/mol. The highest BCUT2D eigenvalue weighted by molar-refractivity contribution is 5.95. The first-order chi connectivity index (χ1) is 9.08. The monoisotopic (exact) mass is 266 g/mol. The van der Waals surface area contributed by atoms with E-state index in [-0.39, 0.29) is 18.1 Å². The highest BCUT2D eigenvalue weighted by Gasteiger charge is 2.43. The number of hydrogen-bond donors (Lipinski definition) is 1. The molecule has 3 rings (SSSR count). The molecule has 0 saturated carbocycles. The van der Waals surface area contributed by atoms with Gasteiger partial charge < -0.3 is 10.6 Å². The average molecular weight is 266 g/mol. The van der Waals surface area contributed by atoms with Crippen molar-refractivity contribution in [1.82, 2.24) is 4.90 Å². The summed E-state index contributed by atoms with van der Waals surface area (Å²) in [7, 11) is 0. The Kier molecular flexibility index (Phi) is 3.01. The molecule has 3 nitrogen and oxygen atoms in total. The molecule has 2 saturated heterocycles. The molecule has 19 heavy (non-hydrogen) atoms. The third kappa shape index (κ3) is 2.02. The van der Waals surface area contributed by atoms with Crippen molar-refractivity contribution in [1.29, 1.82) is 0 Å². The van der Waals surface area contributed by atoms with Crippen LogP contribution in [0.1, 0.15) is 36.0 Å². The summed E-state index contributed by atoms with van der Waals surface area (Å²) in [5.41, 5.74) is 5.49. The maximum Gasteiger partial charge on any atom is 0.260 e. The van der Waals surface area contributed by atoms with Crippen LogP contribution < -0.4 is 5.73 Å². The summed E-state index contributed by atoms with van der Waals surface area (Å²) in [5.74, 6) is -2.12. The Morgan fingerprint density at radius 3 is 2.21 bits per heavy atom. The molecule has 1 aromatic rings. The lowest BCUT2D eigenvalue weighted by molar-refractivity contribution is 0.0565. The van der Waals surface area contributed by atoms with Crippen molar-refractivity contribution in [3.05, 3.63) is 35.4 Å². The minimum Gasteiger partial charge on any atom is -0.332 e. The fourth-order valence-electron chi connectivity index (χ4n) is 3.38. The zero-order valence-corrected chi connectivity index (χ0v) is 10.5. The average Bonchev–Trinajstić information content (AvgIpc) is 2.61. The van der Waals surface area contributed by atoms with Gasteiger partial charge in [-0.15, -0.1) is 0 Å². The lowest BCUT2D eigenvalue weighted by Crippen LogP contribution is -2.50. The molecular formula is C14H16F2N2O. The molecule has 0 radical (unpaired) electrons. The number of fused-ring (bicyclic) bond motifs is 2. The van der Waals surface area contributed by atoms with Crippen LogP contribution in [0.3, 0.4) is 0 Å². The van der Waals surface area contributed by atoms with Crippen LogP contribution in [0.4, 0.5) is 8.78 Å². The summed E-state index contributed by atoms with van der Waals surface area (Å²) in [5, 5.41) is 0. The van der Waals surface area contributed by atoms with Crippen molar-refractivity contribution in [2.45, 2.75) is 43.8 Å². The molecule has 0 spiro atoms. The standard InChI is InChI=1S/C14H16F2N2O/c15-11-2-1-3-12(16)13(11)14(19)18-9-4-5-10(18)7-8(17)6-9/h1-3,8-10H,4-7,17H2. The second-order valence-electron chi connectivity index (χ2n) is 5.43. The molecule has 2 aliphatic rings. The van der Waals surface area contributed by atoms with Gasteiger partial charge in [-0.2, -0.15) is 0 Å². The van der Waals surface area contributed by atoms with Gasteiger partial charge in [0.05, 0.1) is 0 Å². The minimum atomic E-state index is -0.792. The molecule has 0 aliphatic carbocycles. The zero-order chi connectivity index (χ0) is 13.6. The topological polar surface area (TPSA) is 46.3 Å². The molecule has 2 aliphatic heterocycles. The lowest BCUT2D eigenvalue weighted by Gasteiger charge is -2.37. The van der Waals surface area contributed by atoms with Gasteiger partial charge in [0.2, 0.25) is 0 Å². The molecule has 1 amide bonds. The predicted octanol–water partition coefficient (Wildman–Crippen LogP) is 2.06. The van der Waals surface area contributed by atoms with Gasteiger partial charge in [-0.25, -0.2) is 8.78 Å². The summed E-state index contributed by atoms with van der Waals surface area (Å²) in [4.78, 5) is 14.1. The summed E-state index contributed by atoms with van der Waals surface area (Å²) in [6, 6.07) is 3.65. The fraction of sp³-hybridized carbons (Fsp3) is 0.500. The molecule has 1 aromatic carbocycles. The van der Waals surface area contributed by atoms with E-state index in [0.29, 0.717) is 0 Å². The molecule has 2 bridgehead atoms. The number of amides is 1. The summed E-state index contributed by atoms with van der Waals surface area (Å²) in [6.45, 7) is 0. The number of carbonyl (C=O) groups excluding carboxylic acids is 1. The maximum absolute atomic E-state index is 13.7. The molecule has 102 valence electrons. The van der Waals surface area contributed by atoms with Crippen LogP contribution in [0.2, 0.25) is 0 Å². The fourth-order valence-corrected chi connectivity index (χ4v) is 3.38. The molecule has 2 unspecified atom stereocenters. The van der Waals surface area contributed by atoms with Gasteiger partial charge >= 0.3 is 0 Å². The number of benzene rings is 1. The Balaban J connectivity index is 1.93. The Morgan fingerprint density at radius 2 is 1.68 bits per heavy atom. The van der Waals surface area contributed by atoms with Gasteiger partial charge in [0.15, 0.2) is 0 Å². The highest BCUT2D eigenvalue weighted by Crippen LogP contribution is 2.36. The van der Waals surface area contributed by atoms with Gasteiger partial charge in [0, 0.05) is 18.1 Å². The highest BCUT2D eigenvalue weighted by atomic mass is 19.1. The van der Waals surface area contributed by atoms with Gasteiger partial charge in [0.1, 0.15) is 17.2 Å². The zero-order valence-electron chi connectivity index (χ0n) is 10.5. The second-order valence-corrected chi connectivity index (χ2v) is 5.43. The molecule has 2 N–H and O–H groups in total. The summed E-state index contributed by atoms with van der Waals surface area (Å²) < 4.78 is 27.4. The Morgan fingerprint density at radius 1 is 1.16 bits per heavy atom. The maximum atomic E-state index is 13.7. The number of piperidine rings is 1. The minimum absolute atomic E-state index is 0.0280. The lowest BCUT2D eigenvalue weighted by atomic mass is 9.97. The smallest absolute Gasteiger partial charge is 0.260 e. The van der Waals surface area contributed by atoms with E-state index in [4.69, 9.17) is 5.73 Å². The van der Waals surface area contributed by atoms with E-state index in [9.17, 15) is 13.6 Å². The molecule has 0 aromatic heterocycles. The number of halogens is 2. The summed E-state index contributed by atoms with van der Waals surface area (Å²) >= 11 is 0. The van der Waals surface area contributed by atoms with Gasteiger partial charge in [-0.1, -0.05) is 6.07 Å². The number of nitrogens with zero attached hydrogens (tertiary/aromatic N) is 1. The predicted molar refractivity (Wildman–Crippen MR) is 66.5 cm³/mol. The van der Waals surface area contributed by atoms with Gasteiger partial charge in [0.25, 0.3) is 5.91 Å². The second kappa shape index (κ2) is 4.56. The molecule has 5 heteroatoms. The SMILES string of the molecule is NC1CC2CCC(C1)N2C(=O)c1c(F)cccc1F. The molecule has 2 fully saturated rings. The van der Waals surface area contributed by atoms with Crippen LogP contribution in [0, 0.1) is 11.6 Å². The van der Waals surface area contributed by atoms with Crippen LogP contribution in [0.25, 0.3) is 0 Å².